The molecule has 31 heavy (non-hydrogen) atoms. The van der Waals surface area contributed by atoms with Crippen LogP contribution >= 0.6 is 0 Å². The van der Waals surface area contributed by atoms with Crippen molar-refractivity contribution in [3.05, 3.63) is 23.8 Å². The molecular weight excluding hydrogens is 414 g/mol. The van der Waals surface area contributed by atoms with Crippen molar-refractivity contribution < 1.29 is 17.9 Å². The van der Waals surface area contributed by atoms with Crippen molar-refractivity contribution in [3.8, 4) is 5.75 Å². The minimum atomic E-state index is -3.69. The largest absolute Gasteiger partial charge is 0.496 e. The van der Waals surface area contributed by atoms with Gasteiger partial charge in [-0.05, 0) is 68.7 Å². The summed E-state index contributed by atoms with van der Waals surface area (Å²) in [6, 6.07) is 4.52. The molecule has 2 saturated heterocycles. The average Bonchev–Trinajstić information content (AvgIpc) is 2.75. The zero-order valence-electron chi connectivity index (χ0n) is 19.1. The minimum Gasteiger partial charge on any atom is -0.496 e. The van der Waals surface area contributed by atoms with Gasteiger partial charge >= 0.3 is 0 Å². The van der Waals surface area contributed by atoms with Gasteiger partial charge in [-0.25, -0.2) is 13.1 Å². The van der Waals surface area contributed by atoms with E-state index in [0.717, 1.165) is 45.3 Å². The number of carbonyl (C=O) groups is 1. The molecule has 174 valence electrons. The summed E-state index contributed by atoms with van der Waals surface area (Å²) in [6.45, 7) is 9.38. The number of hydrogen-bond acceptors (Lipinski definition) is 5. The van der Waals surface area contributed by atoms with Crippen molar-refractivity contribution in [3.63, 3.8) is 0 Å². The van der Waals surface area contributed by atoms with Gasteiger partial charge in [0.15, 0.2) is 0 Å². The molecule has 1 aromatic rings. The molecule has 2 fully saturated rings. The molecule has 2 atom stereocenters. The first-order chi connectivity index (χ1) is 14.8. The van der Waals surface area contributed by atoms with E-state index >= 15 is 0 Å². The highest BCUT2D eigenvalue weighted by atomic mass is 32.2. The number of piperidine rings is 2. The summed E-state index contributed by atoms with van der Waals surface area (Å²) >= 11 is 0. The third-order valence-corrected chi connectivity index (χ3v) is 7.70. The molecule has 1 amide bonds. The van der Waals surface area contributed by atoms with Crippen LogP contribution in [0.2, 0.25) is 0 Å². The number of likely N-dealkylation sites (tertiary alicyclic amines) is 2. The Labute approximate surface area is 187 Å². The molecule has 0 unspecified atom stereocenters. The lowest BCUT2D eigenvalue weighted by Gasteiger charge is -2.34. The molecular formula is C23H37N3O4S. The van der Waals surface area contributed by atoms with Crippen molar-refractivity contribution in [2.24, 2.45) is 11.8 Å². The summed E-state index contributed by atoms with van der Waals surface area (Å²) < 4.78 is 33.7. The first-order valence-electron chi connectivity index (χ1n) is 11.5. The summed E-state index contributed by atoms with van der Waals surface area (Å²) in [4.78, 5) is 17.3. The lowest BCUT2D eigenvalue weighted by molar-refractivity contribution is 0.0720. The molecule has 8 heteroatoms. The predicted molar refractivity (Wildman–Crippen MR) is 122 cm³/mol. The van der Waals surface area contributed by atoms with Crippen LogP contribution in [0.5, 0.6) is 5.75 Å². The van der Waals surface area contributed by atoms with E-state index in [2.05, 4.69) is 23.5 Å². The number of nitrogens with zero attached hydrogens (tertiary/aromatic N) is 2. The first kappa shape index (κ1) is 24.0. The fourth-order valence-electron chi connectivity index (χ4n) is 4.86. The van der Waals surface area contributed by atoms with Crippen LogP contribution < -0.4 is 9.46 Å². The van der Waals surface area contributed by atoms with Crippen molar-refractivity contribution in [1.82, 2.24) is 14.5 Å². The zero-order chi connectivity index (χ0) is 22.4. The van der Waals surface area contributed by atoms with Crippen LogP contribution in [0.25, 0.3) is 0 Å². The Hall–Kier alpha value is -1.64. The molecule has 0 saturated carbocycles. The third kappa shape index (κ3) is 6.43. The number of benzene rings is 1. The van der Waals surface area contributed by atoms with Gasteiger partial charge in [0.1, 0.15) is 5.75 Å². The molecule has 2 heterocycles. The van der Waals surface area contributed by atoms with E-state index in [1.165, 1.54) is 25.7 Å². The number of sulfonamides is 1. The number of carbonyl (C=O) groups excluding carboxylic acids is 1. The molecule has 0 aromatic heterocycles. The van der Waals surface area contributed by atoms with Gasteiger partial charge in [0.25, 0.3) is 5.91 Å². The highest BCUT2D eigenvalue weighted by Crippen LogP contribution is 2.25. The second kappa shape index (κ2) is 10.8. The molecule has 0 aliphatic carbocycles. The Morgan fingerprint density at radius 1 is 1.13 bits per heavy atom. The quantitative estimate of drug-likeness (QED) is 0.615. The Morgan fingerprint density at radius 3 is 2.45 bits per heavy atom. The topological polar surface area (TPSA) is 79.0 Å². The van der Waals surface area contributed by atoms with Gasteiger partial charge in [0.2, 0.25) is 10.0 Å². The maximum absolute atomic E-state index is 13.0. The number of methoxy groups -OCH3 is 1. The number of nitrogens with one attached hydrogen (secondary N) is 1. The zero-order valence-corrected chi connectivity index (χ0v) is 19.9. The third-order valence-electron chi connectivity index (χ3n) is 6.24. The number of rotatable bonds is 8. The number of amides is 1. The van der Waals surface area contributed by atoms with Crippen LogP contribution in [0.3, 0.4) is 0 Å². The van der Waals surface area contributed by atoms with Crippen LogP contribution in [0.4, 0.5) is 0 Å². The Bertz CT molecular complexity index is 842. The molecule has 2 aliphatic rings. The predicted octanol–water partition coefficient (Wildman–Crippen LogP) is 2.97. The normalized spacial score (nSPS) is 23.0. The van der Waals surface area contributed by atoms with Gasteiger partial charge in [0.05, 0.1) is 17.6 Å². The molecule has 0 bridgehead atoms. The van der Waals surface area contributed by atoms with Crippen molar-refractivity contribution >= 4 is 15.9 Å². The monoisotopic (exact) mass is 451 g/mol. The van der Waals surface area contributed by atoms with Crippen molar-refractivity contribution in [2.75, 3.05) is 46.4 Å². The van der Waals surface area contributed by atoms with Crippen molar-refractivity contribution in [1.29, 1.82) is 0 Å². The fraction of sp³-hybridized carbons (Fsp3) is 0.696. The Balaban J connectivity index is 1.61. The average molecular weight is 452 g/mol. The maximum Gasteiger partial charge on any atom is 0.257 e. The van der Waals surface area contributed by atoms with E-state index in [0.29, 0.717) is 42.8 Å². The van der Waals surface area contributed by atoms with Gasteiger partial charge in [-0.2, -0.15) is 0 Å². The SMILES string of the molecule is COc1ccc(S(=O)(=O)NCCCN2C[C@H](C)C[C@@H](C)C2)cc1C(=O)N1CCCCC1. The first-order valence-corrected chi connectivity index (χ1v) is 13.0. The second-order valence-corrected chi connectivity index (χ2v) is 10.9. The molecule has 7 nitrogen and oxygen atoms in total. The smallest absolute Gasteiger partial charge is 0.257 e. The van der Waals surface area contributed by atoms with Gasteiger partial charge in [-0.15, -0.1) is 0 Å². The molecule has 2 aliphatic heterocycles. The van der Waals surface area contributed by atoms with Crippen molar-refractivity contribution in [2.45, 2.75) is 50.8 Å². The summed E-state index contributed by atoms with van der Waals surface area (Å²) in [5, 5.41) is 0. The lowest BCUT2D eigenvalue weighted by atomic mass is 9.92. The number of ether oxygens (including phenoxy) is 1. The summed E-state index contributed by atoms with van der Waals surface area (Å²) in [6.07, 6.45) is 5.09. The minimum absolute atomic E-state index is 0.105. The van der Waals surface area contributed by atoms with Gasteiger partial charge in [-0.1, -0.05) is 13.8 Å². The molecule has 1 aromatic carbocycles. The summed E-state index contributed by atoms with van der Waals surface area (Å²) in [7, 11) is -2.19. The summed E-state index contributed by atoms with van der Waals surface area (Å²) in [5.74, 6) is 1.62. The van der Waals surface area contributed by atoms with E-state index < -0.39 is 10.0 Å². The van der Waals surface area contributed by atoms with Crippen LogP contribution in [0.1, 0.15) is 56.3 Å². The van der Waals surface area contributed by atoms with Gasteiger partial charge in [0, 0.05) is 32.7 Å². The Morgan fingerprint density at radius 2 is 1.81 bits per heavy atom. The molecule has 0 spiro atoms. The van der Waals surface area contributed by atoms with Crippen LogP contribution in [-0.2, 0) is 10.0 Å². The molecule has 3 rings (SSSR count). The van der Waals surface area contributed by atoms with E-state index in [9.17, 15) is 13.2 Å². The van der Waals surface area contributed by atoms with Crippen LogP contribution in [0.15, 0.2) is 23.1 Å². The van der Waals surface area contributed by atoms with E-state index in [1.54, 1.807) is 11.0 Å². The Kier molecular flexibility index (Phi) is 8.36. The summed E-state index contributed by atoms with van der Waals surface area (Å²) in [5.41, 5.74) is 0.309. The molecule has 1 N–H and O–H groups in total. The van der Waals surface area contributed by atoms with Crippen LogP contribution in [0, 0.1) is 11.8 Å². The van der Waals surface area contributed by atoms with Gasteiger partial charge < -0.3 is 14.5 Å². The van der Waals surface area contributed by atoms with Gasteiger partial charge in [-0.3, -0.25) is 4.79 Å². The molecule has 0 radical (unpaired) electrons. The second-order valence-electron chi connectivity index (χ2n) is 9.17. The highest BCUT2D eigenvalue weighted by Gasteiger charge is 2.25. The number of hydrogen-bond donors (Lipinski definition) is 1. The van der Waals surface area contributed by atoms with Crippen LogP contribution in [-0.4, -0.2) is 70.5 Å². The maximum atomic E-state index is 13.0. The van der Waals surface area contributed by atoms with E-state index in [4.69, 9.17) is 4.74 Å². The highest BCUT2D eigenvalue weighted by molar-refractivity contribution is 7.89. The standard InChI is InChI=1S/C23H37N3O4S/c1-18-14-19(2)17-25(16-18)11-7-10-24-31(28,29)20-8-9-22(30-3)21(15-20)23(27)26-12-5-4-6-13-26/h8-9,15,18-19,24H,4-7,10-14,16-17H2,1-3H3/t18-,19-/m1/s1. The van der Waals surface area contributed by atoms with E-state index in [-0.39, 0.29) is 10.8 Å². The lowest BCUT2D eigenvalue weighted by Crippen LogP contribution is -2.40. The van der Waals surface area contributed by atoms with E-state index in [1.807, 2.05) is 0 Å². The fourth-order valence-corrected chi connectivity index (χ4v) is 5.96.